The third-order valence-electron chi connectivity index (χ3n) is 2.06. The molecule has 1 atom stereocenters. The molecule has 0 aliphatic rings. The van der Waals surface area contributed by atoms with Crippen molar-refractivity contribution in [1.29, 1.82) is 5.26 Å². The molecule has 0 bridgehead atoms. The fourth-order valence-electron chi connectivity index (χ4n) is 1.22. The summed E-state index contributed by atoms with van der Waals surface area (Å²) in [5, 5.41) is 18.6. The van der Waals surface area contributed by atoms with Crippen molar-refractivity contribution in [2.24, 2.45) is 0 Å². The lowest BCUT2D eigenvalue weighted by Crippen LogP contribution is -2.20. The fourth-order valence-corrected chi connectivity index (χ4v) is 1.22. The Morgan fingerprint density at radius 1 is 1.57 bits per heavy atom. The predicted octanol–water partition coefficient (Wildman–Crippen LogP) is 1.79. The number of nitriles is 1. The highest BCUT2D eigenvalue weighted by Gasteiger charge is 2.21. The summed E-state index contributed by atoms with van der Waals surface area (Å²) in [6, 6.07) is 8.86. The highest BCUT2D eigenvalue weighted by molar-refractivity contribution is 5.35. The molecule has 0 radical (unpaired) electrons. The van der Waals surface area contributed by atoms with Crippen LogP contribution in [0.25, 0.3) is 0 Å². The van der Waals surface area contributed by atoms with Gasteiger partial charge in [-0.2, -0.15) is 5.26 Å². The zero-order valence-corrected chi connectivity index (χ0v) is 7.99. The molecule has 14 heavy (non-hydrogen) atoms. The Bertz CT molecular complexity index is 407. The largest absolute Gasteiger partial charge is 0.384 e. The van der Waals surface area contributed by atoms with E-state index in [1.807, 2.05) is 6.07 Å². The molecule has 0 aromatic heterocycles. The molecule has 1 rings (SSSR count). The van der Waals surface area contributed by atoms with Crippen molar-refractivity contribution in [2.45, 2.75) is 18.9 Å². The normalized spacial score (nSPS) is 13.7. The second-order valence-corrected chi connectivity index (χ2v) is 3.35. The van der Waals surface area contributed by atoms with E-state index in [4.69, 9.17) is 11.7 Å². The first-order valence-electron chi connectivity index (χ1n) is 4.26. The van der Waals surface area contributed by atoms with Crippen LogP contribution < -0.4 is 0 Å². The van der Waals surface area contributed by atoms with E-state index >= 15 is 0 Å². The SMILES string of the molecule is C#CCC(C)(O)c1cccc(C#N)c1. The fraction of sp³-hybridized carbons (Fsp3) is 0.250. The third-order valence-corrected chi connectivity index (χ3v) is 2.06. The van der Waals surface area contributed by atoms with Gasteiger partial charge < -0.3 is 5.11 Å². The molecule has 0 amide bonds. The van der Waals surface area contributed by atoms with E-state index in [1.54, 1.807) is 31.2 Å². The number of hydrogen-bond donors (Lipinski definition) is 1. The van der Waals surface area contributed by atoms with E-state index in [2.05, 4.69) is 5.92 Å². The Morgan fingerprint density at radius 2 is 2.29 bits per heavy atom. The zero-order valence-electron chi connectivity index (χ0n) is 7.99. The highest BCUT2D eigenvalue weighted by atomic mass is 16.3. The number of hydrogen-bond acceptors (Lipinski definition) is 2. The average Bonchev–Trinajstić information content (AvgIpc) is 2.18. The minimum atomic E-state index is -1.05. The topological polar surface area (TPSA) is 44.0 Å². The summed E-state index contributed by atoms with van der Waals surface area (Å²) in [4.78, 5) is 0. The summed E-state index contributed by atoms with van der Waals surface area (Å²) < 4.78 is 0. The van der Waals surface area contributed by atoms with Crippen LogP contribution in [0.15, 0.2) is 24.3 Å². The first-order valence-corrected chi connectivity index (χ1v) is 4.26. The summed E-state index contributed by atoms with van der Waals surface area (Å²) in [5.74, 6) is 2.41. The first-order chi connectivity index (χ1) is 6.60. The summed E-state index contributed by atoms with van der Waals surface area (Å²) in [5.41, 5.74) is 0.149. The van der Waals surface area contributed by atoms with Crippen LogP contribution in [-0.4, -0.2) is 5.11 Å². The lowest BCUT2D eigenvalue weighted by atomic mass is 9.92. The van der Waals surface area contributed by atoms with E-state index in [9.17, 15) is 5.11 Å². The molecular formula is C12H11NO. The van der Waals surface area contributed by atoms with Crippen molar-refractivity contribution in [3.8, 4) is 18.4 Å². The number of benzene rings is 1. The van der Waals surface area contributed by atoms with E-state index < -0.39 is 5.60 Å². The van der Waals surface area contributed by atoms with Crippen molar-refractivity contribution < 1.29 is 5.11 Å². The van der Waals surface area contributed by atoms with Crippen molar-refractivity contribution in [3.05, 3.63) is 35.4 Å². The molecule has 0 saturated carbocycles. The molecule has 1 aromatic carbocycles. The molecule has 0 aliphatic carbocycles. The van der Waals surface area contributed by atoms with Crippen molar-refractivity contribution in [3.63, 3.8) is 0 Å². The van der Waals surface area contributed by atoms with E-state index in [0.717, 1.165) is 0 Å². The number of aliphatic hydroxyl groups is 1. The Hall–Kier alpha value is -1.77. The Labute approximate surface area is 83.8 Å². The predicted molar refractivity (Wildman–Crippen MR) is 54.2 cm³/mol. The van der Waals surface area contributed by atoms with Gasteiger partial charge in [-0.3, -0.25) is 0 Å². The summed E-state index contributed by atoms with van der Waals surface area (Å²) in [6.45, 7) is 1.64. The van der Waals surface area contributed by atoms with Crippen LogP contribution in [-0.2, 0) is 5.60 Å². The third kappa shape index (κ3) is 2.13. The van der Waals surface area contributed by atoms with E-state index in [0.29, 0.717) is 11.1 Å². The molecule has 1 N–H and O–H groups in total. The number of terminal acetylenes is 1. The van der Waals surface area contributed by atoms with Gasteiger partial charge in [-0.1, -0.05) is 12.1 Å². The van der Waals surface area contributed by atoms with Crippen molar-refractivity contribution >= 4 is 0 Å². The van der Waals surface area contributed by atoms with Crippen LogP contribution in [0.2, 0.25) is 0 Å². The van der Waals surface area contributed by atoms with Crippen LogP contribution in [0.5, 0.6) is 0 Å². The molecule has 0 saturated heterocycles. The van der Waals surface area contributed by atoms with Gasteiger partial charge >= 0.3 is 0 Å². The molecule has 70 valence electrons. The highest BCUT2D eigenvalue weighted by Crippen LogP contribution is 2.24. The van der Waals surface area contributed by atoms with Gasteiger partial charge in [0, 0.05) is 6.42 Å². The maximum Gasteiger partial charge on any atom is 0.0991 e. The molecule has 0 aliphatic heterocycles. The molecule has 1 aromatic rings. The van der Waals surface area contributed by atoms with E-state index in [1.165, 1.54) is 0 Å². The summed E-state index contributed by atoms with van der Waals surface area (Å²) >= 11 is 0. The molecule has 0 fully saturated rings. The molecule has 2 nitrogen and oxygen atoms in total. The zero-order chi connectivity index (χ0) is 10.6. The molecule has 0 heterocycles. The van der Waals surface area contributed by atoms with Crippen molar-refractivity contribution in [2.75, 3.05) is 0 Å². The van der Waals surface area contributed by atoms with Crippen LogP contribution in [0.1, 0.15) is 24.5 Å². The van der Waals surface area contributed by atoms with Crippen LogP contribution in [0.3, 0.4) is 0 Å². The summed E-state index contributed by atoms with van der Waals surface area (Å²) in [6.07, 6.45) is 5.39. The molecule has 0 spiro atoms. The Kier molecular flexibility index (Phi) is 2.92. The quantitative estimate of drug-likeness (QED) is 0.714. The van der Waals surface area contributed by atoms with Gasteiger partial charge in [0.25, 0.3) is 0 Å². The second-order valence-electron chi connectivity index (χ2n) is 3.35. The maximum atomic E-state index is 9.95. The standard InChI is InChI=1S/C12H11NO/c1-3-7-12(2,14)11-6-4-5-10(8-11)9-13/h1,4-6,8,14H,7H2,2H3. The number of nitrogens with zero attached hydrogens (tertiary/aromatic N) is 1. The Balaban J connectivity index is 3.09. The molecule has 1 unspecified atom stereocenters. The van der Waals surface area contributed by atoms with Gasteiger partial charge in [0.2, 0.25) is 0 Å². The second kappa shape index (κ2) is 3.96. The minimum absolute atomic E-state index is 0.238. The van der Waals surface area contributed by atoms with Gasteiger partial charge in [-0.05, 0) is 24.6 Å². The lowest BCUT2D eigenvalue weighted by molar-refractivity contribution is 0.0629. The van der Waals surface area contributed by atoms with E-state index in [-0.39, 0.29) is 6.42 Å². The monoisotopic (exact) mass is 185 g/mol. The van der Waals surface area contributed by atoms with Crippen molar-refractivity contribution in [1.82, 2.24) is 0 Å². The van der Waals surface area contributed by atoms with Crippen LogP contribution in [0, 0.1) is 23.7 Å². The van der Waals surface area contributed by atoms with Crippen LogP contribution in [0.4, 0.5) is 0 Å². The van der Waals surface area contributed by atoms with Gasteiger partial charge in [0.1, 0.15) is 0 Å². The van der Waals surface area contributed by atoms with Crippen LogP contribution >= 0.6 is 0 Å². The molecule has 2 heteroatoms. The van der Waals surface area contributed by atoms with Gasteiger partial charge in [-0.25, -0.2) is 0 Å². The Morgan fingerprint density at radius 3 is 2.86 bits per heavy atom. The van der Waals surface area contributed by atoms with Gasteiger partial charge in [0.05, 0.1) is 17.2 Å². The molecular weight excluding hydrogens is 174 g/mol. The van der Waals surface area contributed by atoms with Gasteiger partial charge in [0.15, 0.2) is 0 Å². The van der Waals surface area contributed by atoms with Gasteiger partial charge in [-0.15, -0.1) is 12.3 Å². The number of rotatable bonds is 2. The first kappa shape index (κ1) is 10.3. The lowest BCUT2D eigenvalue weighted by Gasteiger charge is -2.21. The average molecular weight is 185 g/mol. The minimum Gasteiger partial charge on any atom is -0.384 e. The maximum absolute atomic E-state index is 9.95. The summed E-state index contributed by atoms with van der Waals surface area (Å²) in [7, 11) is 0. The smallest absolute Gasteiger partial charge is 0.0991 e.